The van der Waals surface area contributed by atoms with Crippen LogP contribution in [-0.4, -0.2) is 45.3 Å². The second-order valence-electron chi connectivity index (χ2n) is 9.35. The quantitative estimate of drug-likeness (QED) is 0.444. The lowest BCUT2D eigenvalue weighted by Gasteiger charge is -2.25. The molecule has 1 aromatic heterocycles. The van der Waals surface area contributed by atoms with Crippen LogP contribution >= 0.6 is 0 Å². The van der Waals surface area contributed by atoms with Crippen molar-refractivity contribution in [3.63, 3.8) is 0 Å². The molecule has 9 heteroatoms. The number of benzene rings is 2. The number of sulfonamides is 1. The van der Waals surface area contributed by atoms with Crippen LogP contribution in [0, 0.1) is 0 Å². The average Bonchev–Trinajstić information content (AvgIpc) is 3.45. The second-order valence-corrected chi connectivity index (χ2v) is 11.3. The average molecular weight is 509 g/mol. The Kier molecular flexibility index (Phi) is 6.13. The van der Waals surface area contributed by atoms with Crippen molar-refractivity contribution in [1.29, 1.82) is 0 Å². The number of ether oxygens (including phenoxy) is 2. The summed E-state index contributed by atoms with van der Waals surface area (Å²) in [4.78, 5) is 15.4. The minimum Gasteiger partial charge on any atom is -0.486 e. The highest BCUT2D eigenvalue weighted by Gasteiger charge is 2.39. The van der Waals surface area contributed by atoms with Crippen LogP contribution < -0.4 is 14.4 Å². The first-order valence-corrected chi connectivity index (χ1v) is 13.1. The molecule has 3 aromatic rings. The monoisotopic (exact) mass is 508 g/mol. The zero-order chi connectivity index (χ0) is 25.5. The van der Waals surface area contributed by atoms with Crippen molar-refractivity contribution in [3.05, 3.63) is 84.0 Å². The maximum atomic E-state index is 13.7. The number of hydrogen-bond acceptors (Lipinski definition) is 7. The van der Waals surface area contributed by atoms with E-state index < -0.39 is 15.4 Å². The molecule has 36 heavy (non-hydrogen) atoms. The van der Waals surface area contributed by atoms with Gasteiger partial charge in [0.15, 0.2) is 17.3 Å². The first-order chi connectivity index (χ1) is 17.2. The van der Waals surface area contributed by atoms with Crippen LogP contribution in [0.5, 0.6) is 11.5 Å². The predicted octanol–water partition coefficient (Wildman–Crippen LogP) is 4.12. The van der Waals surface area contributed by atoms with Gasteiger partial charge in [0, 0.05) is 36.0 Å². The highest BCUT2D eigenvalue weighted by atomic mass is 32.2. The van der Waals surface area contributed by atoms with Crippen molar-refractivity contribution in [2.45, 2.75) is 30.7 Å². The second kappa shape index (κ2) is 9.15. The third-order valence-corrected chi connectivity index (χ3v) is 8.42. The maximum absolute atomic E-state index is 13.7. The topological polar surface area (TPSA) is 89.3 Å². The van der Waals surface area contributed by atoms with Crippen LogP contribution in [0.2, 0.25) is 0 Å². The van der Waals surface area contributed by atoms with Gasteiger partial charge in [-0.15, -0.1) is 0 Å². The Labute approximate surface area is 210 Å². The summed E-state index contributed by atoms with van der Waals surface area (Å²) in [6.45, 7) is 4.42. The molecule has 0 spiro atoms. The number of fused-ring (bicyclic) bond motifs is 2. The number of carbonyl (C=O) groups excluding carboxylic acids is 1. The van der Waals surface area contributed by atoms with Gasteiger partial charge in [0.2, 0.25) is 10.0 Å². The maximum Gasteiger partial charge on any atom is 0.244 e. The molecule has 3 heterocycles. The first kappa shape index (κ1) is 24.1. The van der Waals surface area contributed by atoms with E-state index in [9.17, 15) is 13.2 Å². The van der Waals surface area contributed by atoms with E-state index in [0.29, 0.717) is 30.5 Å². The smallest absolute Gasteiger partial charge is 0.244 e. The molecule has 0 fully saturated rings. The summed E-state index contributed by atoms with van der Waals surface area (Å²) in [6.07, 6.45) is 3.02. The predicted molar refractivity (Wildman–Crippen MR) is 135 cm³/mol. The van der Waals surface area contributed by atoms with Gasteiger partial charge in [-0.05, 0) is 35.9 Å². The van der Waals surface area contributed by atoms with Crippen LogP contribution in [-0.2, 0) is 26.8 Å². The minimum atomic E-state index is -4.06. The van der Waals surface area contributed by atoms with Crippen molar-refractivity contribution < 1.29 is 27.1 Å². The van der Waals surface area contributed by atoms with E-state index >= 15 is 0 Å². The van der Waals surface area contributed by atoms with E-state index in [1.54, 1.807) is 24.3 Å². The fraction of sp³-hybridized carbons (Fsp3) is 0.296. The number of likely N-dealkylation sites (N-methyl/N-ethyl adjacent to an activating group) is 1. The van der Waals surface area contributed by atoms with E-state index in [0.717, 1.165) is 21.3 Å². The number of rotatable bonds is 7. The normalized spacial score (nSPS) is 17.4. The van der Waals surface area contributed by atoms with Crippen molar-refractivity contribution in [1.82, 2.24) is 4.31 Å². The summed E-state index contributed by atoms with van der Waals surface area (Å²) in [5.41, 5.74) is 2.55. The minimum absolute atomic E-state index is 0.0180. The molecule has 0 saturated heterocycles. The van der Waals surface area contributed by atoms with E-state index in [2.05, 4.69) is 13.8 Å². The third kappa shape index (κ3) is 4.29. The SMILES string of the molecule is CN1C(=CC(=O)CN(Cc2ccco2)S(=O)(=O)c2ccc3c(c2)OCCO3)C(C)(C)c2ccccc21. The van der Waals surface area contributed by atoms with Crippen molar-refractivity contribution in [2.75, 3.05) is 31.7 Å². The standard InChI is InChI=1S/C27H28N2O6S/c1-27(2)22-8-4-5-9-23(22)28(3)26(27)15-19(30)17-29(18-20-7-6-12-33-20)36(31,32)21-10-11-24-25(16-21)35-14-13-34-24/h4-12,15-16H,13-14,17-18H2,1-3H3. The van der Waals surface area contributed by atoms with Gasteiger partial charge in [-0.1, -0.05) is 32.0 Å². The Bertz CT molecular complexity index is 1430. The molecule has 0 amide bonds. The van der Waals surface area contributed by atoms with Gasteiger partial charge in [-0.25, -0.2) is 8.42 Å². The molecular formula is C27H28N2O6S. The molecule has 5 rings (SSSR count). The zero-order valence-corrected chi connectivity index (χ0v) is 21.2. The van der Waals surface area contributed by atoms with Crippen LogP contribution in [0.3, 0.4) is 0 Å². The number of hydrogen-bond donors (Lipinski definition) is 0. The molecule has 0 N–H and O–H groups in total. The molecule has 0 atom stereocenters. The summed E-state index contributed by atoms with van der Waals surface area (Å²) in [5, 5.41) is 0. The largest absolute Gasteiger partial charge is 0.486 e. The molecule has 188 valence electrons. The molecule has 0 bridgehead atoms. The van der Waals surface area contributed by atoms with Gasteiger partial charge in [0.05, 0.1) is 24.2 Å². The van der Waals surface area contributed by atoms with Gasteiger partial charge < -0.3 is 18.8 Å². The fourth-order valence-corrected chi connectivity index (χ4v) is 6.15. The molecule has 0 saturated carbocycles. The van der Waals surface area contributed by atoms with Gasteiger partial charge in [-0.2, -0.15) is 4.31 Å². The van der Waals surface area contributed by atoms with Crippen LogP contribution in [0.25, 0.3) is 0 Å². The first-order valence-electron chi connectivity index (χ1n) is 11.7. The van der Waals surface area contributed by atoms with Crippen LogP contribution in [0.4, 0.5) is 5.69 Å². The number of carbonyl (C=O) groups is 1. The molecule has 0 unspecified atom stereocenters. The molecule has 0 radical (unpaired) electrons. The summed E-state index contributed by atoms with van der Waals surface area (Å²) in [6, 6.07) is 15.8. The van der Waals surface area contributed by atoms with Gasteiger partial charge in [0.1, 0.15) is 19.0 Å². The Morgan fingerprint density at radius 1 is 1.06 bits per heavy atom. The molecule has 2 aromatic carbocycles. The Hall–Kier alpha value is -3.56. The van der Waals surface area contributed by atoms with Crippen molar-refractivity contribution in [3.8, 4) is 11.5 Å². The van der Waals surface area contributed by atoms with E-state index in [1.165, 1.54) is 18.4 Å². The molecule has 2 aliphatic rings. The number of anilines is 1. The zero-order valence-electron chi connectivity index (χ0n) is 20.4. The number of para-hydroxylation sites is 1. The molecule has 2 aliphatic heterocycles. The molecular weight excluding hydrogens is 480 g/mol. The summed E-state index contributed by atoms with van der Waals surface area (Å²) >= 11 is 0. The summed E-state index contributed by atoms with van der Waals surface area (Å²) in [5.74, 6) is 0.957. The number of furan rings is 1. The fourth-order valence-electron chi connectivity index (χ4n) is 4.77. The van der Waals surface area contributed by atoms with E-state index in [1.807, 2.05) is 36.2 Å². The lowest BCUT2D eigenvalue weighted by molar-refractivity contribution is -0.115. The van der Waals surface area contributed by atoms with Crippen LogP contribution in [0.15, 0.2) is 81.9 Å². The number of ketones is 1. The van der Waals surface area contributed by atoms with Crippen molar-refractivity contribution in [2.24, 2.45) is 0 Å². The Morgan fingerprint density at radius 3 is 2.53 bits per heavy atom. The van der Waals surface area contributed by atoms with Crippen LogP contribution in [0.1, 0.15) is 25.2 Å². The van der Waals surface area contributed by atoms with Gasteiger partial charge >= 0.3 is 0 Å². The molecule has 8 nitrogen and oxygen atoms in total. The Morgan fingerprint density at radius 2 is 1.81 bits per heavy atom. The van der Waals surface area contributed by atoms with Gasteiger partial charge in [-0.3, -0.25) is 4.79 Å². The number of nitrogens with zero attached hydrogens (tertiary/aromatic N) is 2. The molecule has 0 aliphatic carbocycles. The number of allylic oxidation sites excluding steroid dienone is 1. The van der Waals surface area contributed by atoms with Crippen molar-refractivity contribution >= 4 is 21.5 Å². The lowest BCUT2D eigenvalue weighted by Crippen LogP contribution is -2.35. The van der Waals surface area contributed by atoms with E-state index in [-0.39, 0.29) is 23.8 Å². The lowest BCUT2D eigenvalue weighted by atomic mass is 9.83. The summed E-state index contributed by atoms with van der Waals surface area (Å²) < 4.78 is 45.0. The highest BCUT2D eigenvalue weighted by Crippen LogP contribution is 2.46. The third-order valence-electron chi connectivity index (χ3n) is 6.63. The summed E-state index contributed by atoms with van der Waals surface area (Å²) in [7, 11) is -2.15. The Balaban J connectivity index is 1.46. The van der Waals surface area contributed by atoms with E-state index in [4.69, 9.17) is 13.9 Å². The van der Waals surface area contributed by atoms with Gasteiger partial charge in [0.25, 0.3) is 0 Å². The highest BCUT2D eigenvalue weighted by molar-refractivity contribution is 7.89.